The summed E-state index contributed by atoms with van der Waals surface area (Å²) in [6.45, 7) is 0.369. The van der Waals surface area contributed by atoms with Crippen LogP contribution in [-0.4, -0.2) is 43.1 Å². The molecule has 0 atom stereocenters. The highest BCUT2D eigenvalue weighted by molar-refractivity contribution is 6.30. The zero-order valence-corrected chi connectivity index (χ0v) is 18.0. The highest BCUT2D eigenvalue weighted by atomic mass is 35.5. The van der Waals surface area contributed by atoms with Crippen LogP contribution >= 0.6 is 11.6 Å². The minimum Gasteiger partial charge on any atom is -0.484 e. The van der Waals surface area contributed by atoms with E-state index in [0.29, 0.717) is 24.0 Å². The molecule has 1 aromatic heterocycles. The number of nitrogens with zero attached hydrogens (tertiary/aromatic N) is 1. The Bertz CT molecular complexity index is 919. The van der Waals surface area contributed by atoms with Gasteiger partial charge in [-0.15, -0.1) is 0 Å². The molecule has 1 fully saturated rings. The van der Waals surface area contributed by atoms with Gasteiger partial charge in [-0.05, 0) is 49.8 Å². The first-order valence-corrected chi connectivity index (χ1v) is 10.5. The van der Waals surface area contributed by atoms with E-state index in [1.54, 1.807) is 18.2 Å². The molecule has 2 aromatic rings. The molecule has 0 bridgehead atoms. The van der Waals surface area contributed by atoms with Crippen LogP contribution in [0.5, 0.6) is 11.6 Å². The predicted molar refractivity (Wildman–Crippen MR) is 114 cm³/mol. The van der Waals surface area contributed by atoms with Crippen molar-refractivity contribution >= 4 is 23.4 Å². The zero-order chi connectivity index (χ0) is 22.2. The van der Waals surface area contributed by atoms with Crippen molar-refractivity contribution in [3.8, 4) is 11.6 Å². The van der Waals surface area contributed by atoms with Gasteiger partial charge in [-0.2, -0.15) is 0 Å². The minimum atomic E-state index is -0.591. The van der Waals surface area contributed by atoms with Crippen molar-refractivity contribution < 1.29 is 23.5 Å². The van der Waals surface area contributed by atoms with Crippen molar-refractivity contribution in [1.29, 1.82) is 0 Å². The van der Waals surface area contributed by atoms with Crippen LogP contribution in [0.4, 0.5) is 4.39 Å². The molecule has 1 heterocycles. The summed E-state index contributed by atoms with van der Waals surface area (Å²) in [5.74, 6) is -0.0828. The number of rotatable bonds is 8. The van der Waals surface area contributed by atoms with Gasteiger partial charge in [-0.3, -0.25) is 9.59 Å². The van der Waals surface area contributed by atoms with Gasteiger partial charge in [0.1, 0.15) is 17.3 Å². The summed E-state index contributed by atoms with van der Waals surface area (Å²) in [6.07, 6.45) is 3.42. The Balaban J connectivity index is 1.35. The summed E-state index contributed by atoms with van der Waals surface area (Å²) in [6, 6.07) is 9.16. The van der Waals surface area contributed by atoms with E-state index in [4.69, 9.17) is 21.1 Å². The standard InChI is InChI=1S/C22H25ClFN3O4/c1-30-21-4-2-3-19(27-21)22(29)25-12-14-5-7-15(8-6-14)26-20(28)13-31-16-9-10-17(23)18(24)11-16/h2-4,9-11,14-15H,5-8,12-13H2,1H3,(H,25,29)(H,26,28)/t14-,15-. The number of pyridine rings is 1. The maximum atomic E-state index is 13.4. The summed E-state index contributed by atoms with van der Waals surface area (Å²) < 4.78 is 23.8. The second-order valence-electron chi connectivity index (χ2n) is 7.42. The average molecular weight is 450 g/mol. The van der Waals surface area contributed by atoms with Gasteiger partial charge in [0.25, 0.3) is 11.8 Å². The molecule has 0 aliphatic heterocycles. The third kappa shape index (κ3) is 6.82. The molecule has 9 heteroatoms. The van der Waals surface area contributed by atoms with Crippen LogP contribution in [0.1, 0.15) is 36.2 Å². The third-order valence-electron chi connectivity index (χ3n) is 5.19. The van der Waals surface area contributed by atoms with Gasteiger partial charge < -0.3 is 20.1 Å². The van der Waals surface area contributed by atoms with Crippen LogP contribution < -0.4 is 20.1 Å². The van der Waals surface area contributed by atoms with Crippen molar-refractivity contribution in [2.75, 3.05) is 20.3 Å². The summed E-state index contributed by atoms with van der Waals surface area (Å²) in [7, 11) is 1.50. The van der Waals surface area contributed by atoms with Crippen molar-refractivity contribution in [3.05, 3.63) is 52.9 Å². The molecule has 0 unspecified atom stereocenters. The van der Waals surface area contributed by atoms with Crippen LogP contribution in [0.15, 0.2) is 36.4 Å². The number of aromatic nitrogens is 1. The number of hydrogen-bond acceptors (Lipinski definition) is 5. The van der Waals surface area contributed by atoms with E-state index in [-0.39, 0.29) is 35.2 Å². The molecule has 1 aliphatic rings. The monoisotopic (exact) mass is 449 g/mol. The number of nitrogens with one attached hydrogen (secondary N) is 2. The number of hydrogen-bond donors (Lipinski definition) is 2. The van der Waals surface area contributed by atoms with Crippen molar-refractivity contribution in [2.24, 2.45) is 5.92 Å². The lowest BCUT2D eigenvalue weighted by molar-refractivity contribution is -0.124. The normalized spacial score (nSPS) is 18.2. The first kappa shape index (κ1) is 22.8. The van der Waals surface area contributed by atoms with E-state index in [2.05, 4.69) is 15.6 Å². The number of ether oxygens (including phenoxy) is 2. The second-order valence-corrected chi connectivity index (χ2v) is 7.83. The van der Waals surface area contributed by atoms with Crippen LogP contribution in [0, 0.1) is 11.7 Å². The zero-order valence-electron chi connectivity index (χ0n) is 17.2. The fraction of sp³-hybridized carbons (Fsp3) is 0.409. The summed E-state index contributed by atoms with van der Waals surface area (Å²) >= 11 is 5.63. The van der Waals surface area contributed by atoms with E-state index in [0.717, 1.165) is 31.7 Å². The molecule has 0 spiro atoms. The maximum absolute atomic E-state index is 13.4. The molecule has 1 aromatic carbocycles. The highest BCUT2D eigenvalue weighted by Gasteiger charge is 2.23. The molecule has 1 aliphatic carbocycles. The first-order chi connectivity index (χ1) is 14.9. The molecule has 2 N–H and O–H groups in total. The van der Waals surface area contributed by atoms with E-state index in [1.165, 1.54) is 19.2 Å². The van der Waals surface area contributed by atoms with Crippen LogP contribution in [0.2, 0.25) is 5.02 Å². The summed E-state index contributed by atoms with van der Waals surface area (Å²) in [4.78, 5) is 28.5. The second kappa shape index (κ2) is 10.9. The molecular formula is C22H25ClFN3O4. The summed E-state index contributed by atoms with van der Waals surface area (Å²) in [5, 5.41) is 5.87. The first-order valence-electron chi connectivity index (χ1n) is 10.1. The average Bonchev–Trinajstić information content (AvgIpc) is 2.79. The van der Waals surface area contributed by atoms with Gasteiger partial charge >= 0.3 is 0 Å². The lowest BCUT2D eigenvalue weighted by Crippen LogP contribution is -2.41. The Morgan fingerprint density at radius 1 is 1.19 bits per heavy atom. The molecule has 166 valence electrons. The molecule has 1 saturated carbocycles. The quantitative estimate of drug-likeness (QED) is 0.645. The Kier molecular flexibility index (Phi) is 8.06. The molecule has 0 radical (unpaired) electrons. The van der Waals surface area contributed by atoms with Crippen molar-refractivity contribution in [3.63, 3.8) is 0 Å². The van der Waals surface area contributed by atoms with Crippen LogP contribution in [0.3, 0.4) is 0 Å². The Labute approximate surface area is 185 Å². The van der Waals surface area contributed by atoms with Gasteiger partial charge in [0.15, 0.2) is 6.61 Å². The number of benzene rings is 1. The Morgan fingerprint density at radius 3 is 2.68 bits per heavy atom. The Hall–Kier alpha value is -2.87. The van der Waals surface area contributed by atoms with E-state index in [9.17, 15) is 14.0 Å². The number of carbonyl (C=O) groups excluding carboxylic acids is 2. The number of carbonyl (C=O) groups is 2. The van der Waals surface area contributed by atoms with E-state index < -0.39 is 5.82 Å². The van der Waals surface area contributed by atoms with Crippen LogP contribution in [-0.2, 0) is 4.79 Å². The molecular weight excluding hydrogens is 425 g/mol. The van der Waals surface area contributed by atoms with Crippen molar-refractivity contribution in [1.82, 2.24) is 15.6 Å². The largest absolute Gasteiger partial charge is 0.484 e. The van der Waals surface area contributed by atoms with Crippen LogP contribution in [0.25, 0.3) is 0 Å². The third-order valence-corrected chi connectivity index (χ3v) is 5.50. The molecule has 0 saturated heterocycles. The fourth-order valence-electron chi connectivity index (χ4n) is 3.48. The lowest BCUT2D eigenvalue weighted by atomic mass is 9.86. The molecule has 7 nitrogen and oxygen atoms in total. The highest BCUT2D eigenvalue weighted by Crippen LogP contribution is 2.24. The fourth-order valence-corrected chi connectivity index (χ4v) is 3.60. The topological polar surface area (TPSA) is 89.6 Å². The van der Waals surface area contributed by atoms with E-state index >= 15 is 0 Å². The lowest BCUT2D eigenvalue weighted by Gasteiger charge is -2.29. The van der Waals surface area contributed by atoms with Gasteiger partial charge in [0.05, 0.1) is 12.1 Å². The number of halogens is 2. The van der Waals surface area contributed by atoms with E-state index in [1.807, 2.05) is 0 Å². The SMILES string of the molecule is COc1cccc(C(=O)NC[C@H]2CC[C@H](NC(=O)COc3ccc(Cl)c(F)c3)CC2)n1. The molecule has 2 amide bonds. The van der Waals surface area contributed by atoms with Gasteiger partial charge in [0.2, 0.25) is 5.88 Å². The number of methoxy groups -OCH3 is 1. The smallest absolute Gasteiger partial charge is 0.270 e. The Morgan fingerprint density at radius 2 is 1.97 bits per heavy atom. The van der Waals surface area contributed by atoms with Crippen molar-refractivity contribution in [2.45, 2.75) is 31.7 Å². The summed E-state index contributed by atoms with van der Waals surface area (Å²) in [5.41, 5.74) is 0.320. The molecule has 3 rings (SSSR count). The minimum absolute atomic E-state index is 0.00417. The maximum Gasteiger partial charge on any atom is 0.270 e. The van der Waals surface area contributed by atoms with Gasteiger partial charge in [-0.1, -0.05) is 17.7 Å². The predicted octanol–water partition coefficient (Wildman–Crippen LogP) is 3.37. The van der Waals surface area contributed by atoms with Gasteiger partial charge in [-0.25, -0.2) is 9.37 Å². The van der Waals surface area contributed by atoms with Gasteiger partial charge in [0, 0.05) is 24.7 Å². The number of amides is 2. The molecule has 31 heavy (non-hydrogen) atoms.